The minimum Gasteiger partial charge on any atom is -0.496 e. The highest BCUT2D eigenvalue weighted by molar-refractivity contribution is 5.71. The molecule has 1 aromatic carbocycles. The normalized spacial score (nSPS) is 10.7. The Morgan fingerprint density at radius 2 is 2.10 bits per heavy atom. The van der Waals surface area contributed by atoms with Gasteiger partial charge in [-0.1, -0.05) is 6.92 Å². The van der Waals surface area contributed by atoms with Crippen molar-refractivity contribution in [3.63, 3.8) is 0 Å². The molecule has 0 aliphatic rings. The van der Waals surface area contributed by atoms with Crippen molar-refractivity contribution in [1.29, 1.82) is 0 Å². The molecular formula is C15H22FNO3. The van der Waals surface area contributed by atoms with Crippen LogP contribution in [0.4, 0.5) is 4.39 Å². The fourth-order valence-electron chi connectivity index (χ4n) is 2.03. The first-order chi connectivity index (χ1) is 9.60. The molecule has 0 fully saturated rings. The first-order valence-corrected chi connectivity index (χ1v) is 6.81. The van der Waals surface area contributed by atoms with E-state index in [1.165, 1.54) is 12.1 Å². The number of methoxy groups -OCH3 is 1. The lowest BCUT2D eigenvalue weighted by Gasteiger charge is -2.21. The van der Waals surface area contributed by atoms with E-state index in [0.717, 1.165) is 18.5 Å². The van der Waals surface area contributed by atoms with Crippen LogP contribution in [0.15, 0.2) is 18.2 Å². The Balaban J connectivity index is 2.78. The molecule has 1 rings (SSSR count). The maximum Gasteiger partial charge on any atom is 0.320 e. The molecule has 0 aromatic heterocycles. The summed E-state index contributed by atoms with van der Waals surface area (Å²) in [6, 6.07) is 4.39. The van der Waals surface area contributed by atoms with Crippen molar-refractivity contribution in [3.8, 4) is 5.75 Å². The number of carbonyl (C=O) groups is 1. The predicted molar refractivity (Wildman–Crippen MR) is 75.2 cm³/mol. The number of rotatable bonds is 8. The number of benzene rings is 1. The monoisotopic (exact) mass is 283 g/mol. The van der Waals surface area contributed by atoms with Crippen LogP contribution in [0.2, 0.25) is 0 Å². The molecule has 0 amide bonds. The summed E-state index contributed by atoms with van der Waals surface area (Å²) in [4.78, 5) is 13.5. The molecule has 0 saturated carbocycles. The molecule has 4 nitrogen and oxygen atoms in total. The fourth-order valence-corrected chi connectivity index (χ4v) is 2.03. The number of halogens is 1. The topological polar surface area (TPSA) is 38.8 Å². The van der Waals surface area contributed by atoms with Crippen LogP contribution in [0.25, 0.3) is 0 Å². The Morgan fingerprint density at radius 1 is 1.35 bits per heavy atom. The molecule has 0 aliphatic heterocycles. The number of esters is 1. The lowest BCUT2D eigenvalue weighted by Crippen LogP contribution is -2.31. The van der Waals surface area contributed by atoms with Gasteiger partial charge >= 0.3 is 5.97 Å². The van der Waals surface area contributed by atoms with Crippen molar-refractivity contribution < 1.29 is 18.7 Å². The van der Waals surface area contributed by atoms with Crippen molar-refractivity contribution >= 4 is 5.97 Å². The zero-order chi connectivity index (χ0) is 15.0. The van der Waals surface area contributed by atoms with Crippen LogP contribution in [0.1, 0.15) is 25.8 Å². The Morgan fingerprint density at radius 3 is 2.70 bits per heavy atom. The average molecular weight is 283 g/mol. The minimum absolute atomic E-state index is 0.196. The van der Waals surface area contributed by atoms with Gasteiger partial charge in [0.05, 0.1) is 20.3 Å². The maximum absolute atomic E-state index is 13.3. The van der Waals surface area contributed by atoms with E-state index in [2.05, 4.69) is 0 Å². The standard InChI is InChI=1S/C15H22FNO3/c1-4-8-17(11-15(18)20-5-2)10-12-9-13(16)6-7-14(12)19-3/h6-7,9H,4-5,8,10-11H2,1-3H3. The van der Waals surface area contributed by atoms with Crippen LogP contribution < -0.4 is 4.74 Å². The van der Waals surface area contributed by atoms with Gasteiger partial charge in [0, 0.05) is 12.1 Å². The van der Waals surface area contributed by atoms with Gasteiger partial charge in [0.1, 0.15) is 11.6 Å². The van der Waals surface area contributed by atoms with Gasteiger partial charge in [0.2, 0.25) is 0 Å². The lowest BCUT2D eigenvalue weighted by molar-refractivity contribution is -0.144. The largest absolute Gasteiger partial charge is 0.496 e. The third-order valence-electron chi connectivity index (χ3n) is 2.83. The summed E-state index contributed by atoms with van der Waals surface area (Å²) in [6.07, 6.45) is 0.900. The van der Waals surface area contributed by atoms with Crippen LogP contribution in [0.3, 0.4) is 0 Å². The molecule has 0 unspecified atom stereocenters. The number of hydrogen-bond donors (Lipinski definition) is 0. The van der Waals surface area contributed by atoms with Crippen LogP contribution in [0.5, 0.6) is 5.75 Å². The zero-order valence-corrected chi connectivity index (χ0v) is 12.3. The van der Waals surface area contributed by atoms with Crippen molar-refractivity contribution in [1.82, 2.24) is 4.90 Å². The summed E-state index contributed by atoms with van der Waals surface area (Å²) in [6.45, 7) is 5.55. The maximum atomic E-state index is 13.3. The third-order valence-corrected chi connectivity index (χ3v) is 2.83. The highest BCUT2D eigenvalue weighted by Gasteiger charge is 2.14. The molecular weight excluding hydrogens is 261 g/mol. The highest BCUT2D eigenvalue weighted by atomic mass is 19.1. The van der Waals surface area contributed by atoms with Crippen molar-refractivity contribution in [2.75, 3.05) is 26.8 Å². The van der Waals surface area contributed by atoms with Gasteiger partial charge in [-0.05, 0) is 38.1 Å². The number of hydrogen-bond acceptors (Lipinski definition) is 4. The van der Waals surface area contributed by atoms with Crippen LogP contribution in [0, 0.1) is 5.82 Å². The molecule has 0 bridgehead atoms. The number of carbonyl (C=O) groups excluding carboxylic acids is 1. The van der Waals surface area contributed by atoms with Gasteiger partial charge in [0.25, 0.3) is 0 Å². The first kappa shape index (κ1) is 16.4. The smallest absolute Gasteiger partial charge is 0.320 e. The van der Waals surface area contributed by atoms with Gasteiger partial charge in [0.15, 0.2) is 0 Å². The van der Waals surface area contributed by atoms with E-state index in [1.54, 1.807) is 20.1 Å². The Labute approximate surface area is 119 Å². The highest BCUT2D eigenvalue weighted by Crippen LogP contribution is 2.21. The van der Waals surface area contributed by atoms with Gasteiger partial charge in [-0.25, -0.2) is 4.39 Å². The Hall–Kier alpha value is -1.62. The summed E-state index contributed by atoms with van der Waals surface area (Å²) in [5.41, 5.74) is 0.727. The minimum atomic E-state index is -0.312. The molecule has 0 radical (unpaired) electrons. The summed E-state index contributed by atoms with van der Waals surface area (Å²) in [5.74, 6) is 0.0427. The van der Waals surface area contributed by atoms with Crippen molar-refractivity contribution in [2.45, 2.75) is 26.8 Å². The fraction of sp³-hybridized carbons (Fsp3) is 0.533. The third kappa shape index (κ3) is 5.17. The van der Waals surface area contributed by atoms with E-state index in [9.17, 15) is 9.18 Å². The average Bonchev–Trinajstić information content (AvgIpc) is 2.39. The quantitative estimate of drug-likeness (QED) is 0.687. The summed E-state index contributed by atoms with van der Waals surface area (Å²) in [7, 11) is 1.55. The summed E-state index contributed by atoms with van der Waals surface area (Å²) >= 11 is 0. The molecule has 112 valence electrons. The van der Waals surface area contributed by atoms with E-state index in [1.807, 2.05) is 11.8 Å². The van der Waals surface area contributed by atoms with E-state index in [-0.39, 0.29) is 18.3 Å². The molecule has 20 heavy (non-hydrogen) atoms. The first-order valence-electron chi connectivity index (χ1n) is 6.81. The van der Waals surface area contributed by atoms with E-state index in [4.69, 9.17) is 9.47 Å². The van der Waals surface area contributed by atoms with Crippen molar-refractivity contribution in [2.24, 2.45) is 0 Å². The summed E-state index contributed by atoms with van der Waals surface area (Å²) in [5, 5.41) is 0. The molecule has 0 aliphatic carbocycles. The Kier molecular flexibility index (Phi) is 7.01. The molecule has 0 atom stereocenters. The second kappa shape index (κ2) is 8.53. The van der Waals surface area contributed by atoms with Gasteiger partial charge < -0.3 is 9.47 Å². The Bertz CT molecular complexity index is 437. The van der Waals surface area contributed by atoms with Crippen LogP contribution in [-0.4, -0.2) is 37.7 Å². The van der Waals surface area contributed by atoms with Crippen molar-refractivity contribution in [3.05, 3.63) is 29.6 Å². The van der Waals surface area contributed by atoms with E-state index >= 15 is 0 Å². The second-order valence-electron chi connectivity index (χ2n) is 4.47. The van der Waals surface area contributed by atoms with Crippen LogP contribution in [-0.2, 0) is 16.1 Å². The molecule has 0 spiro atoms. The van der Waals surface area contributed by atoms with E-state index in [0.29, 0.717) is 18.9 Å². The molecule has 1 aromatic rings. The van der Waals surface area contributed by atoms with E-state index < -0.39 is 0 Å². The number of ether oxygens (including phenoxy) is 2. The number of nitrogens with zero attached hydrogens (tertiary/aromatic N) is 1. The van der Waals surface area contributed by atoms with Gasteiger partial charge in [-0.3, -0.25) is 9.69 Å². The molecule has 0 heterocycles. The van der Waals surface area contributed by atoms with Gasteiger partial charge in [-0.15, -0.1) is 0 Å². The zero-order valence-electron chi connectivity index (χ0n) is 12.3. The summed E-state index contributed by atoms with van der Waals surface area (Å²) < 4.78 is 23.5. The van der Waals surface area contributed by atoms with Crippen LogP contribution >= 0.6 is 0 Å². The SMILES string of the molecule is CCCN(CC(=O)OCC)Cc1cc(F)ccc1OC. The molecule has 5 heteroatoms. The molecule has 0 N–H and O–H groups in total. The lowest BCUT2D eigenvalue weighted by atomic mass is 10.1. The second-order valence-corrected chi connectivity index (χ2v) is 4.47. The molecule has 0 saturated heterocycles. The van der Waals surface area contributed by atoms with Gasteiger partial charge in [-0.2, -0.15) is 0 Å². The predicted octanol–water partition coefficient (Wildman–Crippen LogP) is 2.61.